The Bertz CT molecular complexity index is 572. The fourth-order valence-corrected chi connectivity index (χ4v) is 2.80. The third kappa shape index (κ3) is 6.64. The van der Waals surface area contributed by atoms with Crippen molar-refractivity contribution in [1.29, 1.82) is 0 Å². The number of aryl methyl sites for hydroxylation is 1. The first-order valence-electron chi connectivity index (χ1n) is 8.64. The predicted molar refractivity (Wildman–Crippen MR) is 90.5 cm³/mol. The fraction of sp³-hybridized carbons (Fsp3) is 0.667. The van der Waals surface area contributed by atoms with Crippen LogP contribution in [0.1, 0.15) is 58.9 Å². The molecule has 0 unspecified atom stereocenters. The van der Waals surface area contributed by atoms with Crippen molar-refractivity contribution < 1.29 is 31.5 Å². The molecule has 1 aromatic carbocycles. The molecule has 3 radical (unpaired) electrons. The zero-order valence-electron chi connectivity index (χ0n) is 15.5. The van der Waals surface area contributed by atoms with Gasteiger partial charge in [0.2, 0.25) is 0 Å². The Morgan fingerprint density at radius 1 is 0.885 bits per heavy atom. The monoisotopic (exact) mass is 393 g/mol. The number of hydrogen-bond acceptors (Lipinski definition) is 3. The van der Waals surface area contributed by atoms with Gasteiger partial charge in [-0.3, -0.25) is 0 Å². The number of rotatable bonds is 11. The van der Waals surface area contributed by atoms with Crippen LogP contribution in [-0.2, 0) is 20.3 Å². The van der Waals surface area contributed by atoms with Crippen LogP contribution in [0.15, 0.2) is 6.07 Å². The van der Waals surface area contributed by atoms with Gasteiger partial charge in [-0.15, -0.1) is 0 Å². The second-order valence-corrected chi connectivity index (χ2v) is 6.84. The Hall–Kier alpha value is -0.963. The van der Waals surface area contributed by atoms with E-state index in [1.807, 2.05) is 27.7 Å². The summed E-state index contributed by atoms with van der Waals surface area (Å²) < 4.78 is 69.7. The topological polar surface area (TPSA) is 27.7 Å². The van der Waals surface area contributed by atoms with Crippen LogP contribution in [0.2, 0.25) is 0 Å². The second kappa shape index (κ2) is 10.4. The highest BCUT2D eigenvalue weighted by atomic mass is 28.2. The molecule has 0 atom stereocenters. The molecule has 0 saturated heterocycles. The summed E-state index contributed by atoms with van der Waals surface area (Å²) in [6.07, 6.45) is 1.91. The SMILES string of the molecule is CC(C)OC(CCCCCc1cc(F)c(F)c(F)c1F)(O[Si])OC(C)C. The van der Waals surface area contributed by atoms with E-state index in [4.69, 9.17) is 13.9 Å². The molecule has 3 nitrogen and oxygen atoms in total. The number of ether oxygens (including phenoxy) is 2. The van der Waals surface area contributed by atoms with Gasteiger partial charge in [-0.05, 0) is 58.6 Å². The molecular formula is C18H25F4O3Si. The Balaban J connectivity index is 2.59. The van der Waals surface area contributed by atoms with E-state index in [1.54, 1.807) is 0 Å². The van der Waals surface area contributed by atoms with Gasteiger partial charge in [-0.2, -0.15) is 0 Å². The highest BCUT2D eigenvalue weighted by Crippen LogP contribution is 2.26. The maximum absolute atomic E-state index is 13.6. The van der Waals surface area contributed by atoms with Gasteiger partial charge in [0.25, 0.3) is 16.5 Å². The molecule has 26 heavy (non-hydrogen) atoms. The zero-order chi connectivity index (χ0) is 19.9. The first-order valence-corrected chi connectivity index (χ1v) is 9.05. The number of hydrogen-bond donors (Lipinski definition) is 0. The molecule has 0 aliphatic carbocycles. The number of unbranched alkanes of at least 4 members (excludes halogenated alkanes) is 2. The van der Waals surface area contributed by atoms with Gasteiger partial charge in [0, 0.05) is 6.42 Å². The summed E-state index contributed by atoms with van der Waals surface area (Å²) >= 11 is 0. The largest absolute Gasteiger partial charge is 0.371 e. The Morgan fingerprint density at radius 2 is 1.46 bits per heavy atom. The van der Waals surface area contributed by atoms with Crippen LogP contribution in [-0.4, -0.2) is 28.7 Å². The maximum atomic E-state index is 13.6. The van der Waals surface area contributed by atoms with Crippen LogP contribution < -0.4 is 0 Å². The summed E-state index contributed by atoms with van der Waals surface area (Å²) in [5, 5.41) is 0. The maximum Gasteiger partial charge on any atom is 0.273 e. The van der Waals surface area contributed by atoms with E-state index >= 15 is 0 Å². The molecule has 0 aliphatic rings. The normalized spacial score (nSPS) is 12.4. The van der Waals surface area contributed by atoms with E-state index in [0.29, 0.717) is 31.7 Å². The van der Waals surface area contributed by atoms with Crippen LogP contribution >= 0.6 is 0 Å². The molecule has 0 bridgehead atoms. The van der Waals surface area contributed by atoms with Crippen LogP contribution in [0.4, 0.5) is 17.6 Å². The molecule has 8 heteroatoms. The van der Waals surface area contributed by atoms with Crippen molar-refractivity contribution in [2.75, 3.05) is 0 Å². The molecule has 0 aliphatic heterocycles. The molecule has 0 amide bonds. The average Bonchev–Trinajstić information content (AvgIpc) is 2.55. The third-order valence-electron chi connectivity index (χ3n) is 3.59. The van der Waals surface area contributed by atoms with Crippen molar-refractivity contribution in [2.45, 2.75) is 78.0 Å². The molecule has 1 aromatic rings. The van der Waals surface area contributed by atoms with Crippen molar-refractivity contribution >= 4 is 10.5 Å². The van der Waals surface area contributed by atoms with Crippen molar-refractivity contribution in [3.8, 4) is 0 Å². The quantitative estimate of drug-likeness (QED) is 0.133. The summed E-state index contributed by atoms with van der Waals surface area (Å²) in [6, 6.07) is 0.698. The highest BCUT2D eigenvalue weighted by Gasteiger charge is 2.33. The van der Waals surface area contributed by atoms with Crippen molar-refractivity contribution in [3.05, 3.63) is 34.9 Å². The van der Waals surface area contributed by atoms with Crippen LogP contribution in [0, 0.1) is 23.3 Å². The van der Waals surface area contributed by atoms with Crippen molar-refractivity contribution in [1.82, 2.24) is 0 Å². The lowest BCUT2D eigenvalue weighted by molar-refractivity contribution is -0.369. The molecule has 1 rings (SSSR count). The Labute approximate surface area is 155 Å². The molecule has 0 aromatic heterocycles. The Kier molecular flexibility index (Phi) is 9.22. The third-order valence-corrected chi connectivity index (χ3v) is 3.90. The molecule has 0 fully saturated rings. The van der Waals surface area contributed by atoms with Gasteiger partial charge in [0.15, 0.2) is 23.3 Å². The highest BCUT2D eigenvalue weighted by molar-refractivity contribution is 5.98. The predicted octanol–water partition coefficient (Wildman–Crippen LogP) is 4.95. The number of halogens is 4. The minimum atomic E-state index is -1.79. The van der Waals surface area contributed by atoms with Gasteiger partial charge < -0.3 is 13.9 Å². The van der Waals surface area contributed by atoms with Crippen molar-refractivity contribution in [3.63, 3.8) is 0 Å². The van der Waals surface area contributed by atoms with Crippen LogP contribution in [0.5, 0.6) is 0 Å². The van der Waals surface area contributed by atoms with Gasteiger partial charge in [0.1, 0.15) is 0 Å². The summed E-state index contributed by atoms with van der Waals surface area (Å²) in [7, 11) is 3.00. The van der Waals surface area contributed by atoms with E-state index < -0.39 is 29.2 Å². The summed E-state index contributed by atoms with van der Waals surface area (Å²) in [4.78, 5) is 0. The van der Waals surface area contributed by atoms with Gasteiger partial charge in [0.05, 0.1) is 12.2 Å². The summed E-state index contributed by atoms with van der Waals surface area (Å²) in [5.74, 6) is -7.54. The van der Waals surface area contributed by atoms with E-state index in [-0.39, 0.29) is 24.2 Å². The average molecular weight is 393 g/mol. The minimum absolute atomic E-state index is 0.0950. The second-order valence-electron chi connectivity index (χ2n) is 6.64. The van der Waals surface area contributed by atoms with Crippen molar-refractivity contribution in [2.24, 2.45) is 0 Å². The van der Waals surface area contributed by atoms with E-state index in [2.05, 4.69) is 10.5 Å². The number of benzene rings is 1. The first kappa shape index (κ1) is 23.1. The van der Waals surface area contributed by atoms with E-state index in [9.17, 15) is 17.6 Å². The van der Waals surface area contributed by atoms with Crippen LogP contribution in [0.3, 0.4) is 0 Å². The van der Waals surface area contributed by atoms with Gasteiger partial charge in [-0.1, -0.05) is 6.42 Å². The first-order chi connectivity index (χ1) is 12.1. The molecule has 0 spiro atoms. The molecule has 147 valence electrons. The summed E-state index contributed by atoms with van der Waals surface area (Å²) in [6.45, 7) is 7.41. The van der Waals surface area contributed by atoms with Crippen LogP contribution in [0.25, 0.3) is 0 Å². The smallest absolute Gasteiger partial charge is 0.273 e. The van der Waals surface area contributed by atoms with E-state index in [1.165, 1.54) is 0 Å². The minimum Gasteiger partial charge on any atom is -0.371 e. The lowest BCUT2D eigenvalue weighted by Crippen LogP contribution is -2.42. The standard InChI is InChI=1S/C18H25F4O3Si/c1-11(2)23-18(25-26,24-12(3)4)9-7-5-6-8-13-10-14(19)16(21)17(22)15(13)20/h10-12H,5-9H2,1-4H3. The van der Waals surface area contributed by atoms with Gasteiger partial charge in [-0.25, -0.2) is 17.6 Å². The fourth-order valence-electron chi connectivity index (χ4n) is 2.60. The summed E-state index contributed by atoms with van der Waals surface area (Å²) in [5.41, 5.74) is -0.180. The molecule has 0 heterocycles. The lowest BCUT2D eigenvalue weighted by atomic mass is 10.0. The molecule has 0 N–H and O–H groups in total. The van der Waals surface area contributed by atoms with E-state index in [0.717, 1.165) is 0 Å². The molecular weight excluding hydrogens is 368 g/mol. The lowest BCUT2D eigenvalue weighted by Gasteiger charge is -2.35. The molecule has 0 saturated carbocycles. The Morgan fingerprint density at radius 3 is 1.96 bits per heavy atom. The zero-order valence-corrected chi connectivity index (χ0v) is 16.5. The van der Waals surface area contributed by atoms with Gasteiger partial charge >= 0.3 is 0 Å².